The van der Waals surface area contributed by atoms with E-state index in [0.29, 0.717) is 23.5 Å². The summed E-state index contributed by atoms with van der Waals surface area (Å²) in [6.07, 6.45) is 0.597. The molecule has 0 aliphatic rings. The molecule has 0 bridgehead atoms. The van der Waals surface area contributed by atoms with Crippen LogP contribution in [-0.2, 0) is 18.3 Å². The number of carbonyl (C=O) groups is 1. The molecule has 0 aliphatic heterocycles. The fourth-order valence-electron chi connectivity index (χ4n) is 2.40. The lowest BCUT2D eigenvalue weighted by Gasteiger charge is -2.08. The van der Waals surface area contributed by atoms with Crippen molar-refractivity contribution in [2.45, 2.75) is 6.42 Å². The van der Waals surface area contributed by atoms with Crippen molar-refractivity contribution in [3.8, 4) is 5.75 Å². The predicted octanol–water partition coefficient (Wildman–Crippen LogP) is 3.13. The Morgan fingerprint density at radius 1 is 1.32 bits per heavy atom. The molecular weight excluding hydrogens is 404 g/mol. The largest absolute Gasteiger partial charge is 0.484 e. The highest BCUT2D eigenvalue weighted by Gasteiger charge is 2.06. The number of hydrogen-bond donors (Lipinski definition) is 2. The van der Waals surface area contributed by atoms with Crippen molar-refractivity contribution in [3.63, 3.8) is 0 Å². The lowest BCUT2D eigenvalue weighted by molar-refractivity contribution is -0.123. The van der Waals surface area contributed by atoms with Crippen molar-refractivity contribution in [2.24, 2.45) is 7.05 Å². The molecule has 1 aromatic heterocycles. The van der Waals surface area contributed by atoms with E-state index < -0.39 is 0 Å². The van der Waals surface area contributed by atoms with Gasteiger partial charge in [-0.05, 0) is 47.3 Å². The molecule has 0 saturated carbocycles. The van der Waals surface area contributed by atoms with E-state index in [1.807, 2.05) is 43.4 Å². The molecule has 1 heterocycles. The molecule has 2 N–H and O–H groups in total. The fourth-order valence-corrected chi connectivity index (χ4v) is 2.93. The Labute approximate surface area is 158 Å². The number of nitrogens with zero attached hydrogens (tertiary/aromatic N) is 2. The van der Waals surface area contributed by atoms with Gasteiger partial charge >= 0.3 is 0 Å². The highest BCUT2D eigenvalue weighted by Crippen LogP contribution is 2.24. The van der Waals surface area contributed by atoms with E-state index >= 15 is 0 Å². The maximum atomic E-state index is 11.9. The average molecular weight is 421 g/mol. The first-order valence-electron chi connectivity index (χ1n) is 7.72. The minimum absolute atomic E-state index is 0.0268. The van der Waals surface area contributed by atoms with Crippen molar-refractivity contribution < 1.29 is 9.53 Å². The molecule has 3 rings (SSSR count). The van der Waals surface area contributed by atoms with E-state index in [9.17, 15) is 4.79 Å². The van der Waals surface area contributed by atoms with Gasteiger partial charge in [0, 0.05) is 24.5 Å². The van der Waals surface area contributed by atoms with Crippen LogP contribution in [0.15, 0.2) is 40.9 Å². The normalized spacial score (nSPS) is 10.8. The van der Waals surface area contributed by atoms with Gasteiger partial charge in [0.2, 0.25) is 0 Å². The first-order chi connectivity index (χ1) is 12.0. The maximum Gasteiger partial charge on any atom is 0.257 e. The summed E-state index contributed by atoms with van der Waals surface area (Å²) in [6.45, 7) is 0.447. The van der Waals surface area contributed by atoms with Gasteiger partial charge in [-0.1, -0.05) is 28.1 Å². The standard InChI is InChI=1S/C17H17BrN4O2S/c1-22-15(20-21-17(22)25)6-7-19-16(23)10-24-14-5-3-11-8-13(18)4-2-12(11)9-14/h2-5,8-9H,6-7,10H2,1H3,(H,19,23)(H,21,25). The van der Waals surface area contributed by atoms with E-state index in [0.717, 1.165) is 21.1 Å². The topological polar surface area (TPSA) is 71.9 Å². The lowest BCUT2D eigenvalue weighted by Crippen LogP contribution is -2.31. The minimum atomic E-state index is -0.173. The molecular formula is C17H17BrN4O2S. The average Bonchev–Trinajstić information content (AvgIpc) is 2.92. The molecule has 130 valence electrons. The number of hydrogen-bond acceptors (Lipinski definition) is 4. The molecule has 0 saturated heterocycles. The number of fused-ring (bicyclic) bond motifs is 1. The number of carbonyl (C=O) groups excluding carboxylic acids is 1. The van der Waals surface area contributed by atoms with Crippen LogP contribution in [0.3, 0.4) is 0 Å². The van der Waals surface area contributed by atoms with Crippen molar-refractivity contribution in [1.29, 1.82) is 0 Å². The summed E-state index contributed by atoms with van der Waals surface area (Å²) in [7, 11) is 1.84. The Hall–Kier alpha value is -2.19. The van der Waals surface area contributed by atoms with Crippen molar-refractivity contribution in [1.82, 2.24) is 20.1 Å². The molecule has 0 spiro atoms. The third kappa shape index (κ3) is 4.46. The molecule has 0 aliphatic carbocycles. The number of amides is 1. The number of nitrogens with one attached hydrogen (secondary N) is 2. The Kier molecular flexibility index (Phi) is 5.50. The van der Waals surface area contributed by atoms with Crippen LogP contribution in [0.4, 0.5) is 0 Å². The van der Waals surface area contributed by atoms with Gasteiger partial charge in [0.05, 0.1) is 0 Å². The summed E-state index contributed by atoms with van der Waals surface area (Å²) < 4.78 is 8.94. The van der Waals surface area contributed by atoms with Gasteiger partial charge in [-0.25, -0.2) is 0 Å². The Morgan fingerprint density at radius 3 is 2.84 bits per heavy atom. The SMILES string of the molecule is Cn1c(CCNC(=O)COc2ccc3cc(Br)ccc3c2)n[nH]c1=S. The molecule has 3 aromatic rings. The zero-order chi connectivity index (χ0) is 17.8. The molecule has 1 amide bonds. The molecule has 0 radical (unpaired) electrons. The molecule has 0 atom stereocenters. The number of ether oxygens (including phenoxy) is 1. The van der Waals surface area contributed by atoms with Gasteiger partial charge in [-0.2, -0.15) is 5.10 Å². The monoisotopic (exact) mass is 420 g/mol. The Morgan fingerprint density at radius 2 is 2.08 bits per heavy atom. The van der Waals surface area contributed by atoms with Crippen molar-refractivity contribution >= 4 is 44.8 Å². The van der Waals surface area contributed by atoms with E-state index in [-0.39, 0.29) is 12.5 Å². The first kappa shape index (κ1) is 17.6. The zero-order valence-electron chi connectivity index (χ0n) is 13.6. The molecule has 25 heavy (non-hydrogen) atoms. The van der Waals surface area contributed by atoms with Gasteiger partial charge in [-0.3, -0.25) is 9.89 Å². The minimum Gasteiger partial charge on any atom is -0.484 e. The maximum absolute atomic E-state index is 11.9. The molecule has 0 fully saturated rings. The van der Waals surface area contributed by atoms with Crippen LogP contribution in [0.1, 0.15) is 5.82 Å². The third-order valence-electron chi connectivity index (χ3n) is 3.79. The van der Waals surface area contributed by atoms with Gasteiger partial charge in [0.25, 0.3) is 5.91 Å². The molecule has 6 nitrogen and oxygen atoms in total. The van der Waals surface area contributed by atoms with Crippen LogP contribution in [0.5, 0.6) is 5.75 Å². The van der Waals surface area contributed by atoms with Gasteiger partial charge in [-0.15, -0.1) is 0 Å². The van der Waals surface area contributed by atoms with E-state index in [1.54, 1.807) is 4.57 Å². The Bertz CT molecular complexity index is 967. The number of aromatic nitrogens is 3. The number of aromatic amines is 1. The van der Waals surface area contributed by atoms with Gasteiger partial charge in [0.1, 0.15) is 11.6 Å². The number of halogens is 1. The Balaban J connectivity index is 1.49. The quantitative estimate of drug-likeness (QED) is 0.600. The lowest BCUT2D eigenvalue weighted by atomic mass is 10.1. The second-order valence-electron chi connectivity index (χ2n) is 5.55. The van der Waals surface area contributed by atoms with Crippen molar-refractivity contribution in [2.75, 3.05) is 13.2 Å². The number of benzene rings is 2. The predicted molar refractivity (Wildman–Crippen MR) is 102 cm³/mol. The van der Waals surface area contributed by atoms with Crippen LogP contribution in [0.2, 0.25) is 0 Å². The third-order valence-corrected chi connectivity index (χ3v) is 4.65. The highest BCUT2D eigenvalue weighted by molar-refractivity contribution is 9.10. The van der Waals surface area contributed by atoms with Crippen LogP contribution in [-0.4, -0.2) is 33.8 Å². The zero-order valence-corrected chi connectivity index (χ0v) is 16.0. The summed E-state index contributed by atoms with van der Waals surface area (Å²) in [6, 6.07) is 11.8. The smallest absolute Gasteiger partial charge is 0.257 e. The van der Waals surface area contributed by atoms with Gasteiger partial charge < -0.3 is 14.6 Å². The summed E-state index contributed by atoms with van der Waals surface area (Å²) in [5.41, 5.74) is 0. The summed E-state index contributed by atoms with van der Waals surface area (Å²) in [4.78, 5) is 11.9. The second-order valence-corrected chi connectivity index (χ2v) is 6.85. The fraction of sp³-hybridized carbons (Fsp3) is 0.235. The number of rotatable bonds is 6. The first-order valence-corrected chi connectivity index (χ1v) is 8.92. The molecule has 0 unspecified atom stereocenters. The second kappa shape index (κ2) is 7.79. The summed E-state index contributed by atoms with van der Waals surface area (Å²) in [5, 5.41) is 11.8. The summed E-state index contributed by atoms with van der Waals surface area (Å²) >= 11 is 8.50. The van der Waals surface area contributed by atoms with Crippen LogP contribution >= 0.6 is 28.1 Å². The van der Waals surface area contributed by atoms with E-state index in [1.165, 1.54) is 0 Å². The summed E-state index contributed by atoms with van der Waals surface area (Å²) in [5.74, 6) is 1.29. The molecule has 2 aromatic carbocycles. The van der Waals surface area contributed by atoms with E-state index in [2.05, 4.69) is 31.4 Å². The van der Waals surface area contributed by atoms with Crippen LogP contribution in [0, 0.1) is 4.77 Å². The van der Waals surface area contributed by atoms with E-state index in [4.69, 9.17) is 17.0 Å². The van der Waals surface area contributed by atoms with Crippen LogP contribution < -0.4 is 10.1 Å². The number of H-pyrrole nitrogens is 1. The highest BCUT2D eigenvalue weighted by atomic mass is 79.9. The van der Waals surface area contributed by atoms with Gasteiger partial charge in [0.15, 0.2) is 11.4 Å². The van der Waals surface area contributed by atoms with Crippen LogP contribution in [0.25, 0.3) is 10.8 Å². The molecule has 8 heteroatoms. The van der Waals surface area contributed by atoms with Crippen molar-refractivity contribution in [3.05, 3.63) is 51.5 Å².